The molecule has 0 aliphatic carbocycles. The molecule has 0 radical (unpaired) electrons. The molecule has 0 saturated carbocycles. The van der Waals surface area contributed by atoms with Gasteiger partial charge >= 0.3 is 0 Å². The number of imidazole rings is 1. The summed E-state index contributed by atoms with van der Waals surface area (Å²) in [6.07, 6.45) is 4.93. The van der Waals surface area contributed by atoms with Gasteiger partial charge < -0.3 is 14.8 Å². The minimum absolute atomic E-state index is 0.0355. The fourth-order valence-corrected chi connectivity index (χ4v) is 3.03. The Kier molecular flexibility index (Phi) is 4.52. The molecule has 1 N–H and O–H groups in total. The smallest absolute Gasteiger partial charge is 0.266 e. The van der Waals surface area contributed by atoms with Crippen LogP contribution >= 0.6 is 15.9 Å². The minimum atomic E-state index is -0.515. The topological polar surface area (TPSA) is 88.7 Å². The standard InChI is InChI=1S/C19H13BrN4O3/c20-13-1-4-18-22-10-15(24(18)11-13)7-12(9-21)19(25)23-14-2-3-16-17(8-14)27-6-5-26-16/h1-4,7-8,10-11H,5-6H2,(H,23,25)/b12-7-. The number of hydrogen-bond acceptors (Lipinski definition) is 5. The van der Waals surface area contributed by atoms with Crippen molar-refractivity contribution in [2.75, 3.05) is 18.5 Å². The summed E-state index contributed by atoms with van der Waals surface area (Å²) in [6, 6.07) is 10.7. The van der Waals surface area contributed by atoms with Gasteiger partial charge in [-0.3, -0.25) is 9.20 Å². The lowest BCUT2D eigenvalue weighted by Gasteiger charge is -2.18. The average Bonchev–Trinajstić information content (AvgIpc) is 3.07. The molecule has 0 saturated heterocycles. The SMILES string of the molecule is N#C/C(=C/c1cnc2ccc(Br)cn12)C(=O)Nc1ccc2c(c1)OCCO2. The van der Waals surface area contributed by atoms with E-state index in [9.17, 15) is 10.1 Å². The second kappa shape index (κ2) is 7.13. The Morgan fingerprint density at radius 1 is 1.26 bits per heavy atom. The van der Waals surface area contributed by atoms with E-state index >= 15 is 0 Å². The van der Waals surface area contributed by atoms with E-state index in [0.717, 1.165) is 4.47 Å². The molecular weight excluding hydrogens is 412 g/mol. The van der Waals surface area contributed by atoms with E-state index in [0.29, 0.717) is 41.7 Å². The predicted octanol–water partition coefficient (Wildman–Crippen LogP) is 3.41. The number of pyridine rings is 1. The van der Waals surface area contributed by atoms with Gasteiger partial charge in [-0.25, -0.2) is 4.98 Å². The van der Waals surface area contributed by atoms with Crippen LogP contribution in [-0.2, 0) is 4.79 Å². The molecule has 0 bridgehead atoms. The average molecular weight is 425 g/mol. The second-order valence-corrected chi connectivity index (χ2v) is 6.66. The zero-order valence-corrected chi connectivity index (χ0v) is 15.6. The molecule has 1 aliphatic heterocycles. The lowest BCUT2D eigenvalue weighted by atomic mass is 10.2. The summed E-state index contributed by atoms with van der Waals surface area (Å²) < 4.78 is 13.6. The molecule has 3 aromatic rings. The summed E-state index contributed by atoms with van der Waals surface area (Å²) in [4.78, 5) is 16.8. The number of ether oxygens (including phenoxy) is 2. The van der Waals surface area contributed by atoms with Gasteiger partial charge in [0.05, 0.1) is 11.9 Å². The van der Waals surface area contributed by atoms with Crippen molar-refractivity contribution in [1.29, 1.82) is 5.26 Å². The zero-order chi connectivity index (χ0) is 18.8. The third kappa shape index (κ3) is 3.50. The van der Waals surface area contributed by atoms with Crippen LogP contribution in [0.25, 0.3) is 11.7 Å². The summed E-state index contributed by atoms with van der Waals surface area (Å²) in [5.74, 6) is 0.680. The molecule has 7 nitrogen and oxygen atoms in total. The molecule has 27 heavy (non-hydrogen) atoms. The van der Waals surface area contributed by atoms with Gasteiger partial charge in [0, 0.05) is 22.4 Å². The van der Waals surface area contributed by atoms with E-state index in [1.807, 2.05) is 24.4 Å². The van der Waals surface area contributed by atoms with E-state index in [-0.39, 0.29) is 5.57 Å². The Bertz CT molecular complexity index is 1110. The second-order valence-electron chi connectivity index (χ2n) is 5.74. The molecular formula is C19H13BrN4O3. The van der Waals surface area contributed by atoms with Gasteiger partial charge in [-0.15, -0.1) is 0 Å². The fraction of sp³-hybridized carbons (Fsp3) is 0.105. The number of rotatable bonds is 3. The number of fused-ring (bicyclic) bond motifs is 2. The van der Waals surface area contributed by atoms with Gasteiger partial charge in [-0.05, 0) is 46.3 Å². The van der Waals surface area contributed by atoms with Crippen LogP contribution in [0, 0.1) is 11.3 Å². The zero-order valence-electron chi connectivity index (χ0n) is 14.0. The third-order valence-electron chi connectivity index (χ3n) is 3.96. The number of carbonyl (C=O) groups is 1. The Morgan fingerprint density at radius 2 is 2.07 bits per heavy atom. The molecule has 0 unspecified atom stereocenters. The first-order chi connectivity index (χ1) is 13.1. The molecule has 8 heteroatoms. The first-order valence-electron chi connectivity index (χ1n) is 8.09. The lowest BCUT2D eigenvalue weighted by Crippen LogP contribution is -2.17. The molecule has 0 fully saturated rings. The molecule has 0 spiro atoms. The Balaban J connectivity index is 1.60. The molecule has 2 aromatic heterocycles. The maximum Gasteiger partial charge on any atom is 0.266 e. The molecule has 134 valence electrons. The predicted molar refractivity (Wildman–Crippen MR) is 103 cm³/mol. The van der Waals surface area contributed by atoms with Crippen LogP contribution in [0.3, 0.4) is 0 Å². The van der Waals surface area contributed by atoms with Crippen molar-refractivity contribution in [3.8, 4) is 17.6 Å². The molecule has 3 heterocycles. The third-order valence-corrected chi connectivity index (χ3v) is 4.42. The van der Waals surface area contributed by atoms with E-state index in [1.165, 1.54) is 6.08 Å². The maximum absolute atomic E-state index is 12.5. The monoisotopic (exact) mass is 424 g/mol. The Hall–Kier alpha value is -3.31. The normalized spacial score (nSPS) is 13.3. The van der Waals surface area contributed by atoms with E-state index in [2.05, 4.69) is 26.2 Å². The number of nitrogens with zero attached hydrogens (tertiary/aromatic N) is 3. The van der Waals surface area contributed by atoms with Crippen molar-refractivity contribution < 1.29 is 14.3 Å². The first-order valence-corrected chi connectivity index (χ1v) is 8.89. The van der Waals surface area contributed by atoms with Crippen molar-refractivity contribution in [2.45, 2.75) is 0 Å². The number of aromatic nitrogens is 2. The van der Waals surface area contributed by atoms with Gasteiger partial charge in [0.1, 0.15) is 30.5 Å². The molecule has 1 aromatic carbocycles. The van der Waals surface area contributed by atoms with Crippen LogP contribution < -0.4 is 14.8 Å². The molecule has 4 rings (SSSR count). The molecule has 0 atom stereocenters. The number of hydrogen-bond donors (Lipinski definition) is 1. The number of nitrogens with one attached hydrogen (secondary N) is 1. The highest BCUT2D eigenvalue weighted by atomic mass is 79.9. The molecule has 1 aliphatic rings. The number of benzene rings is 1. The van der Waals surface area contributed by atoms with Crippen molar-refractivity contribution >= 4 is 39.2 Å². The van der Waals surface area contributed by atoms with Gasteiger partial charge in [-0.2, -0.15) is 5.26 Å². The minimum Gasteiger partial charge on any atom is -0.486 e. The van der Waals surface area contributed by atoms with Crippen molar-refractivity contribution in [3.05, 3.63) is 58.5 Å². The first kappa shape index (κ1) is 17.1. The van der Waals surface area contributed by atoms with Crippen molar-refractivity contribution in [1.82, 2.24) is 9.38 Å². The number of anilines is 1. The van der Waals surface area contributed by atoms with Crippen LogP contribution in [0.2, 0.25) is 0 Å². The van der Waals surface area contributed by atoms with Gasteiger partial charge in [0.2, 0.25) is 0 Å². The summed E-state index contributed by atoms with van der Waals surface area (Å²) in [6.45, 7) is 0.951. The summed E-state index contributed by atoms with van der Waals surface area (Å²) in [5, 5.41) is 12.1. The maximum atomic E-state index is 12.5. The lowest BCUT2D eigenvalue weighted by molar-refractivity contribution is -0.112. The van der Waals surface area contributed by atoms with E-state index in [4.69, 9.17) is 9.47 Å². The Labute approximate surface area is 163 Å². The van der Waals surface area contributed by atoms with Crippen LogP contribution in [-0.4, -0.2) is 28.5 Å². The van der Waals surface area contributed by atoms with Crippen molar-refractivity contribution in [3.63, 3.8) is 0 Å². The van der Waals surface area contributed by atoms with Crippen LogP contribution in [0.1, 0.15) is 5.69 Å². The quantitative estimate of drug-likeness (QED) is 0.513. The number of halogens is 1. The number of amides is 1. The van der Waals surface area contributed by atoms with Crippen LogP contribution in [0.5, 0.6) is 11.5 Å². The number of nitriles is 1. The molecule has 1 amide bonds. The van der Waals surface area contributed by atoms with E-state index in [1.54, 1.807) is 28.8 Å². The highest BCUT2D eigenvalue weighted by Gasteiger charge is 2.15. The summed E-state index contributed by atoms with van der Waals surface area (Å²) in [5.41, 5.74) is 1.83. The summed E-state index contributed by atoms with van der Waals surface area (Å²) in [7, 11) is 0. The fourth-order valence-electron chi connectivity index (χ4n) is 2.70. The summed E-state index contributed by atoms with van der Waals surface area (Å²) >= 11 is 3.40. The van der Waals surface area contributed by atoms with Gasteiger partial charge in [0.15, 0.2) is 11.5 Å². The van der Waals surface area contributed by atoms with Gasteiger partial charge in [0.25, 0.3) is 5.91 Å². The highest BCUT2D eigenvalue weighted by Crippen LogP contribution is 2.32. The highest BCUT2D eigenvalue weighted by molar-refractivity contribution is 9.10. The number of carbonyl (C=O) groups excluding carboxylic acids is 1. The van der Waals surface area contributed by atoms with Crippen molar-refractivity contribution in [2.24, 2.45) is 0 Å². The van der Waals surface area contributed by atoms with E-state index < -0.39 is 5.91 Å². The van der Waals surface area contributed by atoms with Crippen LogP contribution in [0.15, 0.2) is 52.8 Å². The Morgan fingerprint density at radius 3 is 2.89 bits per heavy atom. The van der Waals surface area contributed by atoms with Gasteiger partial charge in [-0.1, -0.05) is 0 Å². The van der Waals surface area contributed by atoms with Crippen LogP contribution in [0.4, 0.5) is 5.69 Å². The largest absolute Gasteiger partial charge is 0.486 e.